The molecule has 1 rings (SSSR count). The molecule has 0 radical (unpaired) electrons. The molecule has 0 bridgehead atoms. The van der Waals surface area contributed by atoms with Crippen molar-refractivity contribution in [1.29, 1.82) is 10.5 Å². The quantitative estimate of drug-likeness (QED) is 0.661. The van der Waals surface area contributed by atoms with E-state index in [4.69, 9.17) is 15.3 Å². The molecule has 0 aliphatic rings. The topological polar surface area (TPSA) is 56.8 Å². The molecule has 0 amide bonds. The van der Waals surface area contributed by atoms with Crippen molar-refractivity contribution in [2.24, 2.45) is 0 Å². The Hall–Kier alpha value is -2.26. The Morgan fingerprint density at radius 1 is 1.29 bits per heavy atom. The van der Waals surface area contributed by atoms with Crippen LogP contribution >= 0.6 is 0 Å². The minimum Gasteiger partial charge on any atom is -0.497 e. The van der Waals surface area contributed by atoms with Crippen LogP contribution in [0.25, 0.3) is 5.57 Å². The van der Waals surface area contributed by atoms with Crippen LogP contribution in [0.5, 0.6) is 5.75 Å². The molecule has 0 N–H and O–H groups in total. The molecule has 0 saturated heterocycles. The highest BCUT2D eigenvalue weighted by Gasteiger charge is 1.99. The van der Waals surface area contributed by atoms with Crippen LogP contribution in [0, 0.1) is 22.7 Å². The fourth-order valence-electron chi connectivity index (χ4n) is 1.02. The molecule has 1 aromatic carbocycles. The molecule has 0 saturated carbocycles. The number of ether oxygens (including phenoxy) is 1. The first-order chi connectivity index (χ1) is 6.81. The minimum absolute atomic E-state index is 0.357. The van der Waals surface area contributed by atoms with Crippen LogP contribution in [0.15, 0.2) is 30.3 Å². The summed E-state index contributed by atoms with van der Waals surface area (Å²) in [5.41, 5.74) is 1.07. The fraction of sp³-hybridized carbons (Fsp3) is 0.0909. The number of allylic oxidation sites excluding steroid dienone is 2. The molecule has 0 spiro atoms. The summed E-state index contributed by atoms with van der Waals surface area (Å²) in [6.07, 6.45) is 1.22. The van der Waals surface area contributed by atoms with Gasteiger partial charge < -0.3 is 4.74 Å². The zero-order chi connectivity index (χ0) is 10.4. The second kappa shape index (κ2) is 4.69. The summed E-state index contributed by atoms with van der Waals surface area (Å²) in [6, 6.07) is 10.8. The van der Waals surface area contributed by atoms with Crippen molar-refractivity contribution < 1.29 is 4.74 Å². The summed E-state index contributed by atoms with van der Waals surface area (Å²) in [7, 11) is 1.57. The van der Waals surface area contributed by atoms with E-state index in [2.05, 4.69) is 0 Å². The standard InChI is InChI=1S/C11H8N2O/c1-14-11-4-2-9(3-5-11)10(8-13)6-7-12/h2-6H,1H3/b10-6+. The van der Waals surface area contributed by atoms with E-state index in [0.29, 0.717) is 5.57 Å². The number of nitrogens with zero attached hydrogens (tertiary/aromatic N) is 2. The fourth-order valence-corrected chi connectivity index (χ4v) is 1.02. The first-order valence-electron chi connectivity index (χ1n) is 3.96. The van der Waals surface area contributed by atoms with Crippen LogP contribution in [0.1, 0.15) is 5.56 Å². The smallest absolute Gasteiger partial charge is 0.118 e. The van der Waals surface area contributed by atoms with Crippen LogP contribution in [-0.4, -0.2) is 7.11 Å². The third-order valence-corrected chi connectivity index (χ3v) is 1.73. The van der Waals surface area contributed by atoms with Crippen molar-refractivity contribution in [1.82, 2.24) is 0 Å². The van der Waals surface area contributed by atoms with Gasteiger partial charge in [0.1, 0.15) is 11.8 Å². The zero-order valence-corrected chi connectivity index (χ0v) is 7.69. The number of nitriles is 2. The number of rotatable bonds is 2. The van der Waals surface area contributed by atoms with Gasteiger partial charge in [-0.05, 0) is 29.8 Å². The number of hydrogen-bond acceptors (Lipinski definition) is 3. The highest BCUT2D eigenvalue weighted by atomic mass is 16.5. The summed E-state index contributed by atoms with van der Waals surface area (Å²) in [5.74, 6) is 0.725. The average Bonchev–Trinajstić information content (AvgIpc) is 2.26. The maximum Gasteiger partial charge on any atom is 0.118 e. The molecule has 0 aliphatic carbocycles. The first-order valence-corrected chi connectivity index (χ1v) is 3.96. The molecule has 1 aromatic rings. The maximum atomic E-state index is 8.74. The Balaban J connectivity index is 3.04. The largest absolute Gasteiger partial charge is 0.497 e. The van der Waals surface area contributed by atoms with Crippen molar-refractivity contribution in [2.45, 2.75) is 0 Å². The van der Waals surface area contributed by atoms with Gasteiger partial charge in [0.2, 0.25) is 0 Å². The molecule has 68 valence electrons. The summed E-state index contributed by atoms with van der Waals surface area (Å²) in [4.78, 5) is 0. The molecule has 0 fully saturated rings. The molecule has 0 heterocycles. The Morgan fingerprint density at radius 3 is 2.36 bits per heavy atom. The molecule has 3 nitrogen and oxygen atoms in total. The van der Waals surface area contributed by atoms with Crippen molar-refractivity contribution in [3.63, 3.8) is 0 Å². The van der Waals surface area contributed by atoms with Gasteiger partial charge in [-0.15, -0.1) is 0 Å². The number of hydrogen-bond donors (Lipinski definition) is 0. The van der Waals surface area contributed by atoms with Gasteiger partial charge in [-0.1, -0.05) is 0 Å². The predicted octanol–water partition coefficient (Wildman–Crippen LogP) is 2.13. The van der Waals surface area contributed by atoms with Gasteiger partial charge >= 0.3 is 0 Å². The van der Waals surface area contributed by atoms with Crippen LogP contribution < -0.4 is 4.74 Å². The van der Waals surface area contributed by atoms with Gasteiger partial charge in [0.05, 0.1) is 18.8 Å². The normalized spacial score (nSPS) is 10.1. The summed E-state index contributed by atoms with van der Waals surface area (Å²) >= 11 is 0. The average molecular weight is 184 g/mol. The highest BCUT2D eigenvalue weighted by Crippen LogP contribution is 2.17. The van der Waals surface area contributed by atoms with Gasteiger partial charge in [-0.2, -0.15) is 10.5 Å². The SMILES string of the molecule is COc1ccc(/C(C#N)=C/C#N)cc1. The van der Waals surface area contributed by atoms with Crippen molar-refractivity contribution in [3.05, 3.63) is 35.9 Å². The predicted molar refractivity (Wildman–Crippen MR) is 52.2 cm³/mol. The molecule has 0 unspecified atom stereocenters. The maximum absolute atomic E-state index is 8.74. The van der Waals surface area contributed by atoms with E-state index in [1.165, 1.54) is 6.08 Å². The second-order valence-corrected chi connectivity index (χ2v) is 2.53. The Morgan fingerprint density at radius 2 is 1.93 bits per heavy atom. The van der Waals surface area contributed by atoms with E-state index in [0.717, 1.165) is 11.3 Å². The Bertz CT molecular complexity index is 418. The summed E-state index contributed by atoms with van der Waals surface area (Å²) in [5, 5.41) is 17.2. The molecular weight excluding hydrogens is 176 g/mol. The third kappa shape index (κ3) is 2.12. The summed E-state index contributed by atoms with van der Waals surface area (Å²) in [6.45, 7) is 0. The van der Waals surface area contributed by atoms with Gasteiger partial charge in [-0.25, -0.2) is 0 Å². The van der Waals surface area contributed by atoms with Crippen LogP contribution in [-0.2, 0) is 0 Å². The van der Waals surface area contributed by atoms with Crippen LogP contribution in [0.4, 0.5) is 0 Å². The van der Waals surface area contributed by atoms with Crippen molar-refractivity contribution in [3.8, 4) is 17.9 Å². The van der Waals surface area contributed by atoms with Gasteiger partial charge in [0.15, 0.2) is 0 Å². The molecule has 0 atom stereocenters. The van der Waals surface area contributed by atoms with Gasteiger partial charge in [0.25, 0.3) is 0 Å². The van der Waals surface area contributed by atoms with Crippen LogP contribution in [0.3, 0.4) is 0 Å². The lowest BCUT2D eigenvalue weighted by atomic mass is 10.1. The first kappa shape index (κ1) is 9.83. The lowest BCUT2D eigenvalue weighted by molar-refractivity contribution is 0.415. The van der Waals surface area contributed by atoms with E-state index in [9.17, 15) is 0 Å². The van der Waals surface area contributed by atoms with Crippen molar-refractivity contribution in [2.75, 3.05) is 7.11 Å². The Kier molecular flexibility index (Phi) is 3.29. The highest BCUT2D eigenvalue weighted by molar-refractivity contribution is 5.78. The van der Waals surface area contributed by atoms with E-state index in [1.54, 1.807) is 31.4 Å². The molecule has 3 heteroatoms. The van der Waals surface area contributed by atoms with Gasteiger partial charge in [-0.3, -0.25) is 0 Å². The minimum atomic E-state index is 0.357. The molecular formula is C11H8N2O. The van der Waals surface area contributed by atoms with Gasteiger partial charge in [0, 0.05) is 6.08 Å². The number of benzene rings is 1. The number of methoxy groups -OCH3 is 1. The molecule has 0 aliphatic heterocycles. The summed E-state index contributed by atoms with van der Waals surface area (Å²) < 4.78 is 4.98. The van der Waals surface area contributed by atoms with Crippen LogP contribution in [0.2, 0.25) is 0 Å². The monoisotopic (exact) mass is 184 g/mol. The lowest BCUT2D eigenvalue weighted by Crippen LogP contribution is -1.84. The third-order valence-electron chi connectivity index (χ3n) is 1.73. The van der Waals surface area contributed by atoms with E-state index >= 15 is 0 Å². The lowest BCUT2D eigenvalue weighted by Gasteiger charge is -2.00. The molecule has 0 aromatic heterocycles. The van der Waals surface area contributed by atoms with E-state index < -0.39 is 0 Å². The Labute approximate surface area is 82.5 Å². The van der Waals surface area contributed by atoms with E-state index in [-0.39, 0.29) is 0 Å². The van der Waals surface area contributed by atoms with Crippen molar-refractivity contribution >= 4 is 5.57 Å². The molecule has 14 heavy (non-hydrogen) atoms. The second-order valence-electron chi connectivity index (χ2n) is 2.53. The van der Waals surface area contributed by atoms with E-state index in [1.807, 2.05) is 12.1 Å². The zero-order valence-electron chi connectivity index (χ0n) is 7.69.